The van der Waals surface area contributed by atoms with Gasteiger partial charge in [-0.15, -0.1) is 0 Å². The van der Waals surface area contributed by atoms with Crippen LogP contribution in [0.5, 0.6) is 5.75 Å². The van der Waals surface area contributed by atoms with Crippen molar-refractivity contribution in [3.05, 3.63) is 64.4 Å². The summed E-state index contributed by atoms with van der Waals surface area (Å²) in [5.74, 6) is 0.407. The van der Waals surface area contributed by atoms with Crippen molar-refractivity contribution >= 4 is 21.8 Å². The number of halogens is 2. The first-order chi connectivity index (χ1) is 12.1. The van der Waals surface area contributed by atoms with Crippen molar-refractivity contribution in [2.24, 2.45) is 0 Å². The summed E-state index contributed by atoms with van der Waals surface area (Å²) in [4.78, 5) is 13.9. The zero-order valence-electron chi connectivity index (χ0n) is 14.2. The number of likely N-dealkylation sites (N-methyl/N-ethyl adjacent to an activating group) is 1. The molecule has 0 heterocycles. The Kier molecular flexibility index (Phi) is 7.88. The lowest BCUT2D eigenvalue weighted by Gasteiger charge is -2.20. The van der Waals surface area contributed by atoms with E-state index in [4.69, 9.17) is 4.74 Å². The van der Waals surface area contributed by atoms with Gasteiger partial charge in [0.2, 0.25) is 5.91 Å². The molecule has 4 nitrogen and oxygen atoms in total. The van der Waals surface area contributed by atoms with E-state index < -0.39 is 0 Å². The maximum absolute atomic E-state index is 13.8. The Morgan fingerprint density at radius 2 is 2.00 bits per heavy atom. The van der Waals surface area contributed by atoms with Gasteiger partial charge < -0.3 is 10.1 Å². The normalized spacial score (nSPS) is 10.7. The third-order valence-electron chi connectivity index (χ3n) is 3.65. The maximum atomic E-state index is 13.8. The van der Waals surface area contributed by atoms with E-state index in [1.807, 2.05) is 42.2 Å². The monoisotopic (exact) mass is 408 g/mol. The minimum atomic E-state index is -0.265. The molecule has 0 aliphatic carbocycles. The summed E-state index contributed by atoms with van der Waals surface area (Å²) in [6, 6.07) is 14.3. The van der Waals surface area contributed by atoms with Crippen LogP contribution in [0.4, 0.5) is 4.39 Å². The van der Waals surface area contributed by atoms with Gasteiger partial charge in [0.15, 0.2) is 0 Å². The van der Waals surface area contributed by atoms with Gasteiger partial charge >= 0.3 is 0 Å². The molecule has 25 heavy (non-hydrogen) atoms. The fraction of sp³-hybridized carbons (Fsp3) is 0.316. The average molecular weight is 409 g/mol. The van der Waals surface area contributed by atoms with Gasteiger partial charge in [-0.3, -0.25) is 9.69 Å². The highest BCUT2D eigenvalue weighted by molar-refractivity contribution is 9.10. The van der Waals surface area contributed by atoms with Gasteiger partial charge in [-0.2, -0.15) is 0 Å². The second-order valence-corrected chi connectivity index (χ2v) is 6.47. The molecule has 0 aromatic heterocycles. The quantitative estimate of drug-likeness (QED) is 0.644. The maximum Gasteiger partial charge on any atom is 0.234 e. The molecule has 134 valence electrons. The first-order valence-electron chi connectivity index (χ1n) is 8.19. The highest BCUT2D eigenvalue weighted by Crippen LogP contribution is 2.17. The molecule has 0 aliphatic rings. The fourth-order valence-corrected chi connectivity index (χ4v) is 2.73. The number of ether oxygens (including phenoxy) is 1. The summed E-state index contributed by atoms with van der Waals surface area (Å²) in [5, 5.41) is 2.82. The minimum absolute atomic E-state index is 0.103. The van der Waals surface area contributed by atoms with Crippen LogP contribution < -0.4 is 10.1 Å². The van der Waals surface area contributed by atoms with Gasteiger partial charge in [0.05, 0.1) is 13.1 Å². The molecule has 2 aromatic rings. The van der Waals surface area contributed by atoms with E-state index in [2.05, 4.69) is 21.2 Å². The lowest BCUT2D eigenvalue weighted by molar-refractivity contribution is -0.122. The number of hydrogen-bond donors (Lipinski definition) is 1. The number of para-hydroxylation sites is 1. The van der Waals surface area contributed by atoms with Crippen molar-refractivity contribution in [1.29, 1.82) is 0 Å². The predicted molar refractivity (Wildman–Crippen MR) is 100.0 cm³/mol. The number of carbonyl (C=O) groups is 1. The molecular weight excluding hydrogens is 387 g/mol. The first-order valence-corrected chi connectivity index (χ1v) is 8.98. The summed E-state index contributed by atoms with van der Waals surface area (Å²) in [6.07, 6.45) is 0. The first kappa shape index (κ1) is 19.4. The highest BCUT2D eigenvalue weighted by atomic mass is 79.9. The molecule has 0 atom stereocenters. The second-order valence-electron chi connectivity index (χ2n) is 5.55. The van der Waals surface area contributed by atoms with Crippen LogP contribution in [0.1, 0.15) is 12.5 Å². The highest BCUT2D eigenvalue weighted by Gasteiger charge is 2.12. The van der Waals surface area contributed by atoms with Crippen molar-refractivity contribution in [3.63, 3.8) is 0 Å². The Balaban J connectivity index is 1.74. The Bertz CT molecular complexity index is 682. The number of rotatable bonds is 9. The van der Waals surface area contributed by atoms with Gasteiger partial charge in [-0.1, -0.05) is 41.1 Å². The number of nitrogens with one attached hydrogen (secondary N) is 1. The molecule has 0 fully saturated rings. The van der Waals surface area contributed by atoms with Crippen molar-refractivity contribution in [3.8, 4) is 5.75 Å². The van der Waals surface area contributed by atoms with Crippen LogP contribution in [0.15, 0.2) is 53.0 Å². The Morgan fingerprint density at radius 1 is 1.24 bits per heavy atom. The zero-order valence-corrected chi connectivity index (χ0v) is 15.8. The predicted octanol–water partition coefficient (Wildman–Crippen LogP) is 3.61. The topological polar surface area (TPSA) is 41.6 Å². The van der Waals surface area contributed by atoms with Crippen LogP contribution in [0.3, 0.4) is 0 Å². The Morgan fingerprint density at radius 3 is 2.72 bits per heavy atom. The number of benzene rings is 2. The van der Waals surface area contributed by atoms with Crippen LogP contribution in [0, 0.1) is 5.82 Å². The summed E-state index contributed by atoms with van der Waals surface area (Å²) in [5.41, 5.74) is 0.566. The zero-order chi connectivity index (χ0) is 18.1. The van der Waals surface area contributed by atoms with E-state index in [-0.39, 0.29) is 18.3 Å². The number of hydrogen-bond acceptors (Lipinski definition) is 3. The summed E-state index contributed by atoms with van der Waals surface area (Å²) < 4.78 is 20.2. The molecule has 2 rings (SSSR count). The van der Waals surface area contributed by atoms with Crippen LogP contribution in [0.2, 0.25) is 0 Å². The Hall–Kier alpha value is -1.92. The fourth-order valence-electron chi connectivity index (χ4n) is 2.32. The largest absolute Gasteiger partial charge is 0.492 e. The van der Waals surface area contributed by atoms with Crippen LogP contribution >= 0.6 is 15.9 Å². The average Bonchev–Trinajstić information content (AvgIpc) is 2.62. The van der Waals surface area contributed by atoms with Gasteiger partial charge in [0, 0.05) is 16.6 Å². The molecule has 0 unspecified atom stereocenters. The summed E-state index contributed by atoms with van der Waals surface area (Å²) >= 11 is 3.34. The van der Waals surface area contributed by atoms with Gasteiger partial charge in [-0.25, -0.2) is 4.39 Å². The third kappa shape index (κ3) is 6.84. The molecule has 0 spiro atoms. The number of carbonyl (C=O) groups excluding carboxylic acids is 1. The second kappa shape index (κ2) is 10.2. The van der Waals surface area contributed by atoms with E-state index in [0.717, 1.165) is 10.2 Å². The molecular formula is C19H22BrFN2O2. The van der Waals surface area contributed by atoms with Crippen molar-refractivity contribution in [2.45, 2.75) is 13.5 Å². The molecule has 6 heteroatoms. The van der Waals surface area contributed by atoms with Crippen LogP contribution in [0.25, 0.3) is 0 Å². The minimum Gasteiger partial charge on any atom is -0.492 e. The van der Waals surface area contributed by atoms with E-state index in [9.17, 15) is 9.18 Å². The van der Waals surface area contributed by atoms with E-state index in [1.165, 1.54) is 6.07 Å². The molecule has 1 N–H and O–H groups in total. The van der Waals surface area contributed by atoms with E-state index in [0.29, 0.717) is 31.8 Å². The summed E-state index contributed by atoms with van der Waals surface area (Å²) in [6.45, 7) is 4.03. The van der Waals surface area contributed by atoms with Gasteiger partial charge in [0.1, 0.15) is 18.2 Å². The van der Waals surface area contributed by atoms with Crippen molar-refractivity contribution < 1.29 is 13.9 Å². The SMILES string of the molecule is CCN(CC(=O)NCCOc1ccccc1)Cc1cc(Br)ccc1F. The molecule has 0 saturated carbocycles. The van der Waals surface area contributed by atoms with Crippen LogP contribution in [-0.4, -0.2) is 37.0 Å². The standard InChI is InChI=1S/C19H22BrFN2O2/c1-2-23(13-15-12-16(20)8-9-18(15)21)14-19(24)22-10-11-25-17-6-4-3-5-7-17/h3-9,12H,2,10-11,13-14H2,1H3,(H,22,24). The number of amides is 1. The number of nitrogens with zero attached hydrogens (tertiary/aromatic N) is 1. The summed E-state index contributed by atoms with van der Waals surface area (Å²) in [7, 11) is 0. The molecule has 0 aliphatic heterocycles. The molecule has 0 bridgehead atoms. The third-order valence-corrected chi connectivity index (χ3v) is 4.15. The molecule has 0 saturated heterocycles. The van der Waals surface area contributed by atoms with E-state index >= 15 is 0 Å². The van der Waals surface area contributed by atoms with Crippen molar-refractivity contribution in [1.82, 2.24) is 10.2 Å². The molecule has 1 amide bonds. The molecule has 2 aromatic carbocycles. The van der Waals surface area contributed by atoms with Gasteiger partial charge in [-0.05, 0) is 36.9 Å². The lowest BCUT2D eigenvalue weighted by atomic mass is 10.2. The van der Waals surface area contributed by atoms with Gasteiger partial charge in [0.25, 0.3) is 0 Å². The molecule has 0 radical (unpaired) electrons. The Labute approximate surface area is 156 Å². The smallest absolute Gasteiger partial charge is 0.234 e. The van der Waals surface area contributed by atoms with E-state index in [1.54, 1.807) is 12.1 Å². The lowest BCUT2D eigenvalue weighted by Crippen LogP contribution is -2.38. The van der Waals surface area contributed by atoms with Crippen molar-refractivity contribution in [2.75, 3.05) is 26.2 Å². The van der Waals surface area contributed by atoms with Crippen LogP contribution in [-0.2, 0) is 11.3 Å².